The lowest BCUT2D eigenvalue weighted by Crippen LogP contribution is -2.47. The Labute approximate surface area is 154 Å². The summed E-state index contributed by atoms with van der Waals surface area (Å²) in [6.45, 7) is 1.03. The molecule has 2 aromatic rings. The summed E-state index contributed by atoms with van der Waals surface area (Å²) >= 11 is 0. The molecule has 4 rings (SSSR count). The van der Waals surface area contributed by atoms with Crippen LogP contribution in [-0.2, 0) is 17.9 Å². The molecule has 0 spiro atoms. The minimum Gasteiger partial charge on any atom is -0.335 e. The van der Waals surface area contributed by atoms with Gasteiger partial charge in [0.25, 0.3) is 0 Å². The molecule has 0 N–H and O–H groups in total. The second kappa shape index (κ2) is 7.19. The number of nitrogens with zero attached hydrogens (tertiary/aromatic N) is 5. The van der Waals surface area contributed by atoms with Gasteiger partial charge in [0.15, 0.2) is 0 Å². The number of hydrogen-bond acceptors (Lipinski definition) is 4. The Balaban J connectivity index is 1.41. The molecule has 0 radical (unpaired) electrons. The lowest BCUT2D eigenvalue weighted by atomic mass is 9.85. The van der Waals surface area contributed by atoms with E-state index >= 15 is 0 Å². The molecule has 2 bridgehead atoms. The highest BCUT2D eigenvalue weighted by Gasteiger charge is 2.43. The molecule has 1 aromatic heterocycles. The molecule has 1 unspecified atom stereocenters. The van der Waals surface area contributed by atoms with Crippen LogP contribution in [0.1, 0.15) is 42.9 Å². The van der Waals surface area contributed by atoms with E-state index in [2.05, 4.69) is 45.5 Å². The number of rotatable bonds is 5. The SMILES string of the molecule is CN(C)Cc1cn(CC(=O)N2[C@@H]3CC[C@H]2CC(c2ccccc2)C3)nn1. The summed E-state index contributed by atoms with van der Waals surface area (Å²) in [4.78, 5) is 17.1. The molecule has 26 heavy (non-hydrogen) atoms. The zero-order chi connectivity index (χ0) is 18.1. The van der Waals surface area contributed by atoms with E-state index in [1.807, 2.05) is 25.2 Å². The topological polar surface area (TPSA) is 54.3 Å². The van der Waals surface area contributed by atoms with E-state index < -0.39 is 0 Å². The van der Waals surface area contributed by atoms with Crippen molar-refractivity contribution in [2.75, 3.05) is 14.1 Å². The summed E-state index contributed by atoms with van der Waals surface area (Å²) in [5, 5.41) is 8.29. The smallest absolute Gasteiger partial charge is 0.244 e. The van der Waals surface area contributed by atoms with Crippen molar-refractivity contribution in [3.63, 3.8) is 0 Å². The van der Waals surface area contributed by atoms with Crippen LogP contribution in [0.3, 0.4) is 0 Å². The van der Waals surface area contributed by atoms with Crippen molar-refractivity contribution < 1.29 is 4.79 Å². The van der Waals surface area contributed by atoms with Crippen LogP contribution in [-0.4, -0.2) is 56.9 Å². The minimum atomic E-state index is 0.185. The van der Waals surface area contributed by atoms with Crippen molar-refractivity contribution in [3.8, 4) is 0 Å². The highest BCUT2D eigenvalue weighted by atomic mass is 16.2. The zero-order valence-electron chi connectivity index (χ0n) is 15.6. The van der Waals surface area contributed by atoms with Gasteiger partial charge >= 0.3 is 0 Å². The number of carbonyl (C=O) groups is 1. The highest BCUT2D eigenvalue weighted by molar-refractivity contribution is 5.77. The Kier molecular flexibility index (Phi) is 4.76. The summed E-state index contributed by atoms with van der Waals surface area (Å²) < 4.78 is 1.68. The molecule has 0 saturated carbocycles. The molecule has 3 atom stereocenters. The Morgan fingerprint density at radius 2 is 1.85 bits per heavy atom. The fourth-order valence-electron chi connectivity index (χ4n) is 4.61. The number of aromatic nitrogens is 3. The average Bonchev–Trinajstić information content (AvgIpc) is 3.16. The maximum atomic E-state index is 12.9. The van der Waals surface area contributed by atoms with E-state index in [4.69, 9.17) is 0 Å². The van der Waals surface area contributed by atoms with Crippen LogP contribution in [0.2, 0.25) is 0 Å². The first-order chi connectivity index (χ1) is 12.6. The van der Waals surface area contributed by atoms with E-state index in [0.717, 1.165) is 37.9 Å². The zero-order valence-corrected chi connectivity index (χ0v) is 15.6. The van der Waals surface area contributed by atoms with Crippen LogP contribution in [0.5, 0.6) is 0 Å². The second-order valence-electron chi connectivity index (χ2n) is 7.91. The Morgan fingerprint density at radius 1 is 1.15 bits per heavy atom. The third kappa shape index (κ3) is 3.51. The predicted molar refractivity (Wildman–Crippen MR) is 99.5 cm³/mol. The third-order valence-corrected chi connectivity index (χ3v) is 5.65. The fraction of sp³-hybridized carbons (Fsp3) is 0.550. The normalized spacial score (nSPS) is 25.0. The molecule has 1 amide bonds. The van der Waals surface area contributed by atoms with Crippen LogP contribution in [0.4, 0.5) is 0 Å². The molecular formula is C20H27N5O. The van der Waals surface area contributed by atoms with Crippen LogP contribution in [0.25, 0.3) is 0 Å². The summed E-state index contributed by atoms with van der Waals surface area (Å²) in [7, 11) is 4.00. The number of benzene rings is 1. The van der Waals surface area contributed by atoms with Crippen molar-refractivity contribution in [1.29, 1.82) is 0 Å². The largest absolute Gasteiger partial charge is 0.335 e. The number of piperidine rings is 1. The van der Waals surface area contributed by atoms with Gasteiger partial charge in [0.1, 0.15) is 6.54 Å². The van der Waals surface area contributed by atoms with Gasteiger partial charge in [-0.2, -0.15) is 0 Å². The maximum Gasteiger partial charge on any atom is 0.244 e. The van der Waals surface area contributed by atoms with E-state index in [1.54, 1.807) is 4.68 Å². The van der Waals surface area contributed by atoms with Gasteiger partial charge < -0.3 is 9.80 Å². The van der Waals surface area contributed by atoms with Gasteiger partial charge in [-0.05, 0) is 51.3 Å². The summed E-state index contributed by atoms with van der Waals surface area (Å²) in [6, 6.07) is 11.5. The second-order valence-corrected chi connectivity index (χ2v) is 7.91. The third-order valence-electron chi connectivity index (χ3n) is 5.65. The first kappa shape index (κ1) is 17.2. The van der Waals surface area contributed by atoms with Gasteiger partial charge in [0.2, 0.25) is 5.91 Å². The fourth-order valence-corrected chi connectivity index (χ4v) is 4.61. The summed E-state index contributed by atoms with van der Waals surface area (Å²) in [5.74, 6) is 0.765. The molecule has 0 aliphatic carbocycles. The number of fused-ring (bicyclic) bond motifs is 2. The highest BCUT2D eigenvalue weighted by Crippen LogP contribution is 2.43. The average molecular weight is 353 g/mol. The molecule has 2 fully saturated rings. The molecule has 2 aliphatic heterocycles. The molecule has 3 heterocycles. The molecule has 6 nitrogen and oxygen atoms in total. The summed E-state index contributed by atoms with van der Waals surface area (Å²) in [6.07, 6.45) is 6.30. The molecular weight excluding hydrogens is 326 g/mol. The lowest BCUT2D eigenvalue weighted by Gasteiger charge is -2.39. The van der Waals surface area contributed by atoms with Crippen LogP contribution in [0.15, 0.2) is 36.5 Å². The van der Waals surface area contributed by atoms with Gasteiger partial charge in [-0.15, -0.1) is 5.10 Å². The standard InChI is InChI=1S/C20H27N5O/c1-23(2)12-17-13-24(22-21-17)14-20(26)25-18-8-9-19(25)11-16(10-18)15-6-4-3-5-7-15/h3-7,13,16,18-19H,8-12,14H2,1-2H3/t16?,18-,19+. The van der Waals surface area contributed by atoms with Gasteiger partial charge in [-0.25, -0.2) is 4.68 Å². The molecule has 6 heteroatoms. The minimum absolute atomic E-state index is 0.185. The molecule has 2 aliphatic rings. The van der Waals surface area contributed by atoms with Crippen LogP contribution >= 0.6 is 0 Å². The molecule has 138 valence electrons. The van der Waals surface area contributed by atoms with Crippen molar-refractivity contribution in [2.45, 2.75) is 56.8 Å². The Hall–Kier alpha value is -2.21. The van der Waals surface area contributed by atoms with Gasteiger partial charge in [-0.3, -0.25) is 4.79 Å². The van der Waals surface area contributed by atoms with E-state index in [-0.39, 0.29) is 5.91 Å². The first-order valence-corrected chi connectivity index (χ1v) is 9.50. The number of amides is 1. The van der Waals surface area contributed by atoms with E-state index in [0.29, 0.717) is 24.5 Å². The van der Waals surface area contributed by atoms with Crippen molar-refractivity contribution >= 4 is 5.91 Å². The van der Waals surface area contributed by atoms with Gasteiger partial charge in [-0.1, -0.05) is 35.5 Å². The Bertz CT molecular complexity index is 743. The molecule has 1 aromatic carbocycles. The van der Waals surface area contributed by atoms with Crippen molar-refractivity contribution in [1.82, 2.24) is 24.8 Å². The van der Waals surface area contributed by atoms with Crippen molar-refractivity contribution in [2.24, 2.45) is 0 Å². The van der Waals surface area contributed by atoms with Crippen molar-refractivity contribution in [3.05, 3.63) is 47.8 Å². The van der Waals surface area contributed by atoms with Crippen LogP contribution < -0.4 is 0 Å². The van der Waals surface area contributed by atoms with E-state index in [9.17, 15) is 4.79 Å². The number of hydrogen-bond donors (Lipinski definition) is 0. The lowest BCUT2D eigenvalue weighted by molar-refractivity contribution is -0.136. The Morgan fingerprint density at radius 3 is 2.50 bits per heavy atom. The van der Waals surface area contributed by atoms with Gasteiger partial charge in [0.05, 0.1) is 11.9 Å². The van der Waals surface area contributed by atoms with Gasteiger partial charge in [0, 0.05) is 18.6 Å². The van der Waals surface area contributed by atoms with E-state index in [1.165, 1.54) is 5.56 Å². The monoisotopic (exact) mass is 353 g/mol. The molecule has 2 saturated heterocycles. The summed E-state index contributed by atoms with van der Waals surface area (Å²) in [5.41, 5.74) is 2.31. The quantitative estimate of drug-likeness (QED) is 0.827. The van der Waals surface area contributed by atoms with Crippen LogP contribution in [0, 0.1) is 0 Å². The predicted octanol–water partition coefficient (Wildman–Crippen LogP) is 2.28. The number of carbonyl (C=O) groups excluding carboxylic acids is 1. The first-order valence-electron chi connectivity index (χ1n) is 9.50. The maximum absolute atomic E-state index is 12.9.